The molecule has 1 atom stereocenters. The number of aliphatic hydroxyl groups is 1. The molecule has 1 aliphatic heterocycles. The monoisotopic (exact) mass is 218 g/mol. The van der Waals surface area contributed by atoms with Crippen molar-refractivity contribution in [2.24, 2.45) is 0 Å². The Morgan fingerprint density at radius 1 is 1.71 bits per heavy atom. The van der Waals surface area contributed by atoms with Gasteiger partial charge in [0.15, 0.2) is 0 Å². The summed E-state index contributed by atoms with van der Waals surface area (Å²) in [6.07, 6.45) is 0. The van der Waals surface area contributed by atoms with Crippen LogP contribution in [0, 0.1) is 0 Å². The zero-order chi connectivity index (χ0) is 10.4. The molecule has 0 aliphatic carbocycles. The van der Waals surface area contributed by atoms with Gasteiger partial charge in [0.25, 0.3) is 0 Å². The third-order valence-corrected chi connectivity index (χ3v) is 3.48. The second kappa shape index (κ2) is 6.27. The summed E-state index contributed by atoms with van der Waals surface area (Å²) in [5, 5.41) is 11.2. The second-order valence-electron chi connectivity index (χ2n) is 3.47. The number of carbonyl (C=O) groups excluding carboxylic acids is 1. The van der Waals surface area contributed by atoms with Gasteiger partial charge in [0, 0.05) is 30.6 Å². The van der Waals surface area contributed by atoms with E-state index in [1.165, 1.54) is 0 Å². The fourth-order valence-corrected chi connectivity index (χ4v) is 2.51. The van der Waals surface area contributed by atoms with E-state index in [0.717, 1.165) is 18.1 Å². The fraction of sp³-hybridized carbons (Fsp3) is 0.889. The number of amides is 1. The highest BCUT2D eigenvalue weighted by molar-refractivity contribution is 7.99. The molecule has 0 radical (unpaired) electrons. The average molecular weight is 218 g/mol. The van der Waals surface area contributed by atoms with E-state index in [9.17, 15) is 4.79 Å². The van der Waals surface area contributed by atoms with Crippen molar-refractivity contribution < 1.29 is 9.90 Å². The summed E-state index contributed by atoms with van der Waals surface area (Å²) in [5.74, 6) is 2.23. The highest BCUT2D eigenvalue weighted by atomic mass is 32.2. The number of thioether (sulfide) groups is 1. The van der Waals surface area contributed by atoms with Crippen molar-refractivity contribution in [1.82, 2.24) is 10.2 Å². The molecular weight excluding hydrogens is 200 g/mol. The van der Waals surface area contributed by atoms with E-state index in [2.05, 4.69) is 17.1 Å². The summed E-state index contributed by atoms with van der Waals surface area (Å²) in [6, 6.07) is 0.480. The zero-order valence-electron chi connectivity index (χ0n) is 8.53. The molecule has 2 N–H and O–H groups in total. The molecule has 5 heteroatoms. The van der Waals surface area contributed by atoms with Gasteiger partial charge in [0.1, 0.15) is 0 Å². The smallest absolute Gasteiger partial charge is 0.234 e. The van der Waals surface area contributed by atoms with Crippen molar-refractivity contribution in [2.45, 2.75) is 13.0 Å². The molecule has 0 aromatic carbocycles. The maximum Gasteiger partial charge on any atom is 0.234 e. The normalized spacial score (nSPS) is 23.4. The van der Waals surface area contributed by atoms with E-state index >= 15 is 0 Å². The lowest BCUT2D eigenvalue weighted by Gasteiger charge is -2.32. The predicted octanol–water partition coefficient (Wildman–Crippen LogP) is -0.468. The van der Waals surface area contributed by atoms with Gasteiger partial charge in [-0.2, -0.15) is 11.8 Å². The van der Waals surface area contributed by atoms with Crippen molar-refractivity contribution in [3.8, 4) is 0 Å². The molecule has 1 heterocycles. The quantitative estimate of drug-likeness (QED) is 0.670. The van der Waals surface area contributed by atoms with Gasteiger partial charge < -0.3 is 10.4 Å². The zero-order valence-corrected chi connectivity index (χ0v) is 9.35. The molecule has 0 aromatic heterocycles. The first-order valence-corrected chi connectivity index (χ1v) is 6.09. The van der Waals surface area contributed by atoms with Crippen LogP contribution in [-0.2, 0) is 4.79 Å². The Morgan fingerprint density at radius 3 is 3.14 bits per heavy atom. The molecule has 1 unspecified atom stereocenters. The standard InChI is InChI=1S/C9H18N2O2S/c1-8-7-14-5-3-11(8)6-9(13)10-2-4-12/h8,12H,2-7H2,1H3,(H,10,13). The minimum Gasteiger partial charge on any atom is -0.395 e. The molecule has 0 aromatic rings. The summed E-state index contributed by atoms with van der Waals surface area (Å²) in [6.45, 7) is 3.96. The van der Waals surface area contributed by atoms with Crippen molar-refractivity contribution in [1.29, 1.82) is 0 Å². The Kier molecular flexibility index (Phi) is 5.29. The topological polar surface area (TPSA) is 52.6 Å². The van der Waals surface area contributed by atoms with Crippen molar-refractivity contribution in [3.63, 3.8) is 0 Å². The molecule has 1 saturated heterocycles. The van der Waals surface area contributed by atoms with Crippen LogP contribution >= 0.6 is 11.8 Å². The van der Waals surface area contributed by atoms with Gasteiger partial charge in [-0.25, -0.2) is 0 Å². The van der Waals surface area contributed by atoms with Gasteiger partial charge in [0.05, 0.1) is 13.2 Å². The minimum absolute atomic E-state index is 0.0111. The largest absolute Gasteiger partial charge is 0.395 e. The molecule has 0 bridgehead atoms. The van der Waals surface area contributed by atoms with E-state index in [1.807, 2.05) is 11.8 Å². The van der Waals surface area contributed by atoms with Gasteiger partial charge in [-0.3, -0.25) is 9.69 Å². The summed E-state index contributed by atoms with van der Waals surface area (Å²) < 4.78 is 0. The maximum absolute atomic E-state index is 11.3. The molecule has 14 heavy (non-hydrogen) atoms. The number of carbonyl (C=O) groups is 1. The number of aliphatic hydroxyl groups excluding tert-OH is 1. The number of rotatable bonds is 4. The van der Waals surface area contributed by atoms with Crippen molar-refractivity contribution in [2.75, 3.05) is 37.7 Å². The second-order valence-corrected chi connectivity index (χ2v) is 4.62. The SMILES string of the molecule is CC1CSCCN1CC(=O)NCCO. The van der Waals surface area contributed by atoms with E-state index in [4.69, 9.17) is 5.11 Å². The lowest BCUT2D eigenvalue weighted by atomic mass is 10.3. The summed E-state index contributed by atoms with van der Waals surface area (Å²) in [5.41, 5.74) is 0. The van der Waals surface area contributed by atoms with Crippen molar-refractivity contribution >= 4 is 17.7 Å². The Labute approximate surface area is 89.0 Å². The van der Waals surface area contributed by atoms with Crippen LogP contribution in [0.25, 0.3) is 0 Å². The average Bonchev–Trinajstić information content (AvgIpc) is 2.18. The van der Waals surface area contributed by atoms with Crippen LogP contribution in [0.5, 0.6) is 0 Å². The number of nitrogens with one attached hydrogen (secondary N) is 1. The van der Waals surface area contributed by atoms with Gasteiger partial charge in [0.2, 0.25) is 5.91 Å². The van der Waals surface area contributed by atoms with Crippen LogP contribution in [0.4, 0.5) is 0 Å². The van der Waals surface area contributed by atoms with Crippen LogP contribution in [0.2, 0.25) is 0 Å². The summed E-state index contributed by atoms with van der Waals surface area (Å²) >= 11 is 1.94. The summed E-state index contributed by atoms with van der Waals surface area (Å²) in [7, 11) is 0. The Morgan fingerprint density at radius 2 is 2.50 bits per heavy atom. The molecule has 1 amide bonds. The fourth-order valence-electron chi connectivity index (χ4n) is 1.43. The lowest BCUT2D eigenvalue weighted by molar-refractivity contribution is -0.122. The first-order valence-electron chi connectivity index (χ1n) is 4.93. The molecular formula is C9H18N2O2S. The number of nitrogens with zero attached hydrogens (tertiary/aromatic N) is 1. The number of hydrogen-bond donors (Lipinski definition) is 2. The highest BCUT2D eigenvalue weighted by Crippen LogP contribution is 2.14. The van der Waals surface area contributed by atoms with Crippen LogP contribution in [0.1, 0.15) is 6.92 Å². The van der Waals surface area contributed by atoms with Crippen LogP contribution in [0.15, 0.2) is 0 Å². The van der Waals surface area contributed by atoms with E-state index in [-0.39, 0.29) is 12.5 Å². The Balaban J connectivity index is 2.23. The van der Waals surface area contributed by atoms with E-state index < -0.39 is 0 Å². The molecule has 82 valence electrons. The van der Waals surface area contributed by atoms with E-state index in [0.29, 0.717) is 19.1 Å². The van der Waals surface area contributed by atoms with Gasteiger partial charge >= 0.3 is 0 Å². The Hall–Kier alpha value is -0.260. The number of hydrogen-bond acceptors (Lipinski definition) is 4. The minimum atomic E-state index is 0.0111. The molecule has 1 rings (SSSR count). The first-order chi connectivity index (χ1) is 6.74. The van der Waals surface area contributed by atoms with Gasteiger partial charge in [-0.1, -0.05) is 0 Å². The molecule has 1 aliphatic rings. The highest BCUT2D eigenvalue weighted by Gasteiger charge is 2.20. The summed E-state index contributed by atoms with van der Waals surface area (Å²) in [4.78, 5) is 13.5. The lowest BCUT2D eigenvalue weighted by Crippen LogP contribution is -2.46. The molecule has 0 spiro atoms. The van der Waals surface area contributed by atoms with Crippen molar-refractivity contribution in [3.05, 3.63) is 0 Å². The molecule has 0 saturated carbocycles. The molecule has 1 fully saturated rings. The van der Waals surface area contributed by atoms with E-state index in [1.54, 1.807) is 0 Å². The van der Waals surface area contributed by atoms with Crippen LogP contribution in [0.3, 0.4) is 0 Å². The Bertz CT molecular complexity index is 190. The third kappa shape index (κ3) is 3.86. The third-order valence-electron chi connectivity index (χ3n) is 2.29. The van der Waals surface area contributed by atoms with Gasteiger partial charge in [-0.05, 0) is 6.92 Å². The van der Waals surface area contributed by atoms with Gasteiger partial charge in [-0.15, -0.1) is 0 Å². The maximum atomic E-state index is 11.3. The van der Waals surface area contributed by atoms with Crippen LogP contribution in [-0.4, -0.2) is 59.7 Å². The first kappa shape index (κ1) is 11.8. The van der Waals surface area contributed by atoms with Crippen LogP contribution < -0.4 is 5.32 Å². The predicted molar refractivity (Wildman–Crippen MR) is 58.5 cm³/mol. The molecule has 4 nitrogen and oxygen atoms in total.